The number of rotatable bonds is 23. The van der Waals surface area contributed by atoms with Gasteiger partial charge in [0, 0.05) is 78.5 Å². The van der Waals surface area contributed by atoms with Crippen LogP contribution in [0.1, 0.15) is 130 Å². The van der Waals surface area contributed by atoms with Crippen LogP contribution in [-0.4, -0.2) is 89.2 Å². The molecule has 5 N–H and O–H groups in total. The number of carboxylic acid groups (broad SMARTS) is 2. The molecular weight excluding hydrogens is 1560 g/mol. The Labute approximate surface area is 688 Å². The second kappa shape index (κ2) is 56.5. The van der Waals surface area contributed by atoms with Crippen LogP contribution in [0.5, 0.6) is 23.0 Å². The van der Waals surface area contributed by atoms with E-state index in [0.29, 0.717) is 29.7 Å². The standard InChI is InChI=1S/C26H22F2O4.C20H14F2O3.C19H16F2O4.C13H8F2O3.C6H9ClO.C2H2.CH4O.2CH4.B2.H3P.H2/c1-2-3-5-10-25(29)32-24-14-11-19(21-13-12-20(27)16-23(21)28)15-22(24)26(30)31-17-18-8-6-4-7-9-18;21-15-7-8-16(18(22)11-15)14-6-9-19(23)17(10-14)20(24)25-12-13-4-2-1-3-5-13;1-2-3-4-5-18(22)25-17-9-6-12(10-15(17)19(23)24)14-8-7-13(20)11-16(14)21;14-8-2-3-9(11(15)6-8)7-1-4-12(16)10(5-7)13(17)18;1-2-3-4-5-6(7)8;2*1-2;;;1-2;;/h3-9,11-16H,2,10,17H2,1H3;1-11,23H,12H2;3-4,6-11H,2,5H2,1H3,(H,23,24);1-6,16H,(H,17,18);3-4H,2,5H2,1H3;1-2H;2H,1H3;2*1H4;;1H3;1H/b5-3-;;4-3-;;4-3-;;;;;;;/i;;;;;;;;;;;1+1D. The van der Waals surface area contributed by atoms with Crippen LogP contribution in [0.15, 0.2) is 243 Å². The van der Waals surface area contributed by atoms with Gasteiger partial charge < -0.3 is 44.5 Å². The van der Waals surface area contributed by atoms with Crippen LogP contribution in [0.4, 0.5) is 35.1 Å². The molecule has 10 aromatic carbocycles. The molecule has 0 bridgehead atoms. The van der Waals surface area contributed by atoms with Gasteiger partial charge in [-0.1, -0.05) is 157 Å². The first kappa shape index (κ1) is 102. The number of carbonyl (C=O) groups is 7. The van der Waals surface area contributed by atoms with Crippen molar-refractivity contribution in [2.45, 2.75) is 87.4 Å². The molecule has 0 aromatic heterocycles. The molecule has 4 radical (unpaired) electrons. The Balaban J connectivity index is 0. The Morgan fingerprint density at radius 3 is 1.00 bits per heavy atom. The van der Waals surface area contributed by atoms with Crippen molar-refractivity contribution in [1.82, 2.24) is 0 Å². The van der Waals surface area contributed by atoms with Gasteiger partial charge >= 0.3 is 35.8 Å². The molecule has 0 saturated carbocycles. The molecule has 0 aliphatic heterocycles. The van der Waals surface area contributed by atoms with Crippen LogP contribution in [0.3, 0.4) is 0 Å². The maximum Gasteiger partial charge on any atom is 0.342 e. The van der Waals surface area contributed by atoms with E-state index in [2.05, 4.69) is 28.3 Å². The zero-order chi connectivity index (χ0) is 86.8. The molecule has 10 rings (SSSR count). The fourth-order valence-corrected chi connectivity index (χ4v) is 9.59. The number of esters is 4. The number of allylic oxidation sites excluding steroid dienone is 4. The zero-order valence-corrected chi connectivity index (χ0v) is 64.6. The molecule has 10 aromatic rings. The Hall–Kier alpha value is -12.7. The summed E-state index contributed by atoms with van der Waals surface area (Å²) in [4.78, 5) is 81.2. The van der Waals surface area contributed by atoms with Crippen molar-refractivity contribution in [1.29, 1.82) is 0 Å². The van der Waals surface area contributed by atoms with Crippen molar-refractivity contribution < 1.29 is 116 Å². The smallest absolute Gasteiger partial charge is 0.342 e. The van der Waals surface area contributed by atoms with Gasteiger partial charge in [-0.05, 0) is 161 Å². The predicted octanol–water partition coefficient (Wildman–Crippen LogP) is 21.4. The number of ether oxygens (including phenoxy) is 4. The van der Waals surface area contributed by atoms with Crippen molar-refractivity contribution in [3.05, 3.63) is 323 Å². The van der Waals surface area contributed by atoms with Gasteiger partial charge in [-0.25, -0.2) is 54.3 Å². The third-order valence-corrected chi connectivity index (χ3v) is 14.9. The topological polar surface area (TPSA) is 258 Å². The van der Waals surface area contributed by atoms with E-state index in [1.54, 1.807) is 48.6 Å². The minimum absolute atomic E-state index is 0. The molecular formula is C89H88B2ClF8O16P. The van der Waals surface area contributed by atoms with Crippen molar-refractivity contribution >= 4 is 78.0 Å². The summed E-state index contributed by atoms with van der Waals surface area (Å²) in [5.41, 5.74) is 2.33. The number of aliphatic hydroxyl groups excluding tert-OH is 1. The SMILES string of the molecule is C.C.C#C.CC/C=C\CC(=O)Cl.CC/C=C\CC(=O)Oc1ccc(-c2ccc(F)cc2F)cc1C(=O)O.CC/C=C\CC(=O)Oc1ccc(-c2ccc(F)cc2F)cc1C(=O)OCc1ccccc1.CO.O=C(O)c1cc(-c2ccc(F)cc2F)ccc1O.O=C(OCc1ccccc1)c1cc(-c2ccc(F)cc2F)ccc1O.P.[2H][2H].[B][B]. The molecule has 1 unspecified atom stereocenters. The quantitative estimate of drug-likeness (QED) is 0.00583. The van der Waals surface area contributed by atoms with E-state index < -0.39 is 88.1 Å². The fraction of sp³-hybridized carbons (Fsp3) is 0.157. The van der Waals surface area contributed by atoms with Crippen molar-refractivity contribution in [3.63, 3.8) is 0 Å². The molecule has 0 heterocycles. The maximum atomic E-state index is 14.3. The number of aliphatic hydroxyl groups is 1. The number of phenolic OH excluding ortho intramolecular Hbond substituents is 1. The first-order valence-corrected chi connectivity index (χ1v) is 34.4. The normalized spacial score (nSPS) is 9.98. The van der Waals surface area contributed by atoms with E-state index in [1.165, 1.54) is 84.9 Å². The molecule has 0 amide bonds. The van der Waals surface area contributed by atoms with E-state index >= 15 is 0 Å². The van der Waals surface area contributed by atoms with Crippen LogP contribution < -0.4 is 9.47 Å². The van der Waals surface area contributed by atoms with Gasteiger partial charge in [0.05, 0.1) is 12.8 Å². The van der Waals surface area contributed by atoms with Gasteiger partial charge in [-0.3, -0.25) is 14.4 Å². The van der Waals surface area contributed by atoms with Crippen LogP contribution in [0.25, 0.3) is 44.5 Å². The summed E-state index contributed by atoms with van der Waals surface area (Å²) in [5, 5.41) is 44.1. The highest BCUT2D eigenvalue weighted by atomic mass is 35.5. The number of benzene rings is 10. The second-order valence-corrected chi connectivity index (χ2v) is 23.1. The van der Waals surface area contributed by atoms with Crippen LogP contribution >= 0.6 is 21.5 Å². The molecule has 117 heavy (non-hydrogen) atoms. The summed E-state index contributed by atoms with van der Waals surface area (Å²) >= 11 is 5.02. The maximum absolute atomic E-state index is 14.3. The Kier molecular flexibility index (Phi) is 49.4. The van der Waals surface area contributed by atoms with Crippen molar-refractivity contribution in [2.75, 3.05) is 7.11 Å². The number of terminal acetylenes is 1. The van der Waals surface area contributed by atoms with Gasteiger partial charge in [0.15, 0.2) is 0 Å². The summed E-state index contributed by atoms with van der Waals surface area (Å²) in [5.74, 6) is -12.1. The highest BCUT2D eigenvalue weighted by molar-refractivity contribution is 6.92. The molecule has 0 spiro atoms. The van der Waals surface area contributed by atoms with E-state index in [4.69, 9.17) is 43.7 Å². The van der Waals surface area contributed by atoms with Gasteiger partial charge in [0.1, 0.15) is 105 Å². The lowest BCUT2D eigenvalue weighted by molar-refractivity contribution is -0.134. The number of aromatic carboxylic acids is 2. The molecule has 0 saturated heterocycles. The average Bonchev–Trinajstić information content (AvgIpc) is 0.828. The molecule has 0 fully saturated rings. The number of phenols is 2. The largest absolute Gasteiger partial charge is 0.507 e. The van der Waals surface area contributed by atoms with E-state index in [-0.39, 0.29) is 129 Å². The van der Waals surface area contributed by atoms with Gasteiger partial charge in [-0.15, -0.1) is 12.8 Å². The lowest BCUT2D eigenvalue weighted by Gasteiger charge is -2.12. The predicted molar refractivity (Wildman–Crippen MR) is 446 cm³/mol. The minimum Gasteiger partial charge on any atom is -0.507 e. The summed E-state index contributed by atoms with van der Waals surface area (Å²) in [7, 11) is 9.00. The molecule has 1 atom stereocenters. The monoisotopic (exact) mass is 1650 g/mol. The molecule has 614 valence electrons. The van der Waals surface area contributed by atoms with E-state index in [1.807, 2.05) is 69.3 Å². The summed E-state index contributed by atoms with van der Waals surface area (Å²) < 4.78 is 139. The molecule has 28 heteroatoms. The van der Waals surface area contributed by atoms with Crippen molar-refractivity contribution in [2.24, 2.45) is 0 Å². The number of carbonyl (C=O) groups excluding carboxylic acids is 5. The number of hydrogen-bond donors (Lipinski definition) is 5. The fourth-order valence-electron chi connectivity index (χ4n) is 9.50. The highest BCUT2D eigenvalue weighted by Crippen LogP contribution is 2.34. The third kappa shape index (κ3) is 35.7. The number of hydrogen-bond acceptors (Lipinski definition) is 14. The van der Waals surface area contributed by atoms with E-state index in [0.717, 1.165) is 86.0 Å². The molecule has 0 aliphatic carbocycles. The molecule has 16 nitrogen and oxygen atoms in total. The Morgan fingerprint density at radius 2 is 0.684 bits per heavy atom. The van der Waals surface area contributed by atoms with Gasteiger partial charge in [-0.2, -0.15) is 9.90 Å². The Morgan fingerprint density at radius 1 is 0.402 bits per heavy atom. The highest BCUT2D eigenvalue weighted by Gasteiger charge is 2.22. The minimum atomic E-state index is -1.32. The average molecular weight is 1660 g/mol. The lowest BCUT2D eigenvalue weighted by Crippen LogP contribution is -2.12. The third-order valence-electron chi connectivity index (χ3n) is 14.7. The zero-order valence-electron chi connectivity index (χ0n) is 64.4. The van der Waals surface area contributed by atoms with Crippen molar-refractivity contribution in [3.8, 4) is 80.4 Å². The van der Waals surface area contributed by atoms with E-state index in [9.17, 15) is 84.0 Å². The first-order chi connectivity index (χ1) is 55.7. The van der Waals surface area contributed by atoms with Crippen LogP contribution in [-0.2, 0) is 37.1 Å². The second-order valence-electron chi connectivity index (χ2n) is 22.7. The number of aromatic hydroxyl groups is 2. The lowest BCUT2D eigenvalue weighted by atomic mass is 9.81. The van der Waals surface area contributed by atoms with Gasteiger partial charge in [0.25, 0.3) is 0 Å². The first-order valence-electron chi connectivity index (χ1n) is 35.0. The summed E-state index contributed by atoms with van der Waals surface area (Å²) in [6, 6.07) is 46.3. The van der Waals surface area contributed by atoms with Crippen LogP contribution in [0, 0.1) is 59.4 Å². The van der Waals surface area contributed by atoms with Gasteiger partial charge in [0.2, 0.25) is 5.24 Å². The number of halogens is 9. The Bertz CT molecular complexity index is 4990. The van der Waals surface area contributed by atoms with Crippen LogP contribution in [0.2, 0.25) is 0 Å². The summed E-state index contributed by atoms with van der Waals surface area (Å²) in [6.45, 7) is 5.93. The number of carboxylic acids is 2. The summed E-state index contributed by atoms with van der Waals surface area (Å²) in [6.07, 6.45) is 21.5. The molecule has 0 aliphatic rings.